The molecule has 4 nitrogen and oxygen atoms in total. The van der Waals surface area contributed by atoms with Gasteiger partial charge in [0, 0.05) is 12.6 Å². The van der Waals surface area contributed by atoms with Gasteiger partial charge in [-0.15, -0.1) is 0 Å². The van der Waals surface area contributed by atoms with Crippen molar-refractivity contribution in [2.24, 2.45) is 7.05 Å². The molecule has 0 N–H and O–H groups in total. The smallest absolute Gasteiger partial charge is 0.225 e. The van der Waals surface area contributed by atoms with Crippen molar-refractivity contribution in [1.82, 2.24) is 19.5 Å². The van der Waals surface area contributed by atoms with E-state index in [1.807, 2.05) is 41.9 Å². The van der Waals surface area contributed by atoms with Crippen molar-refractivity contribution < 1.29 is 0 Å². The molecule has 84 valence electrons. The van der Waals surface area contributed by atoms with Gasteiger partial charge in [-0.2, -0.15) is 4.98 Å². The van der Waals surface area contributed by atoms with Crippen molar-refractivity contribution in [3.8, 4) is 11.3 Å². The van der Waals surface area contributed by atoms with E-state index in [9.17, 15) is 0 Å². The first-order valence-electron chi connectivity index (χ1n) is 5.15. The van der Waals surface area contributed by atoms with Gasteiger partial charge in [0.1, 0.15) is 11.2 Å². The van der Waals surface area contributed by atoms with Gasteiger partial charge in [-0.25, -0.2) is 9.97 Å². The zero-order chi connectivity index (χ0) is 11.8. The van der Waals surface area contributed by atoms with Crippen molar-refractivity contribution in [3.05, 3.63) is 41.9 Å². The number of aromatic nitrogens is 4. The van der Waals surface area contributed by atoms with Gasteiger partial charge < -0.3 is 4.57 Å². The van der Waals surface area contributed by atoms with Crippen LogP contribution in [-0.4, -0.2) is 19.5 Å². The number of fused-ring (bicyclic) bond motifs is 1. The van der Waals surface area contributed by atoms with Crippen molar-refractivity contribution in [3.63, 3.8) is 0 Å². The Balaban J connectivity index is 2.36. The van der Waals surface area contributed by atoms with Gasteiger partial charge >= 0.3 is 0 Å². The molecule has 0 unspecified atom stereocenters. The van der Waals surface area contributed by atoms with Gasteiger partial charge in [-0.3, -0.25) is 0 Å². The summed E-state index contributed by atoms with van der Waals surface area (Å²) in [5.41, 5.74) is 3.26. The molecule has 0 aliphatic rings. The third kappa shape index (κ3) is 1.66. The van der Waals surface area contributed by atoms with Crippen LogP contribution in [0.3, 0.4) is 0 Å². The van der Waals surface area contributed by atoms with E-state index in [0.29, 0.717) is 0 Å². The van der Waals surface area contributed by atoms with Gasteiger partial charge in [0.25, 0.3) is 0 Å². The topological polar surface area (TPSA) is 43.6 Å². The Kier molecular flexibility index (Phi) is 2.30. The summed E-state index contributed by atoms with van der Waals surface area (Å²) in [5, 5.41) is 0.236. The highest BCUT2D eigenvalue weighted by molar-refractivity contribution is 6.28. The molecule has 2 heterocycles. The van der Waals surface area contributed by atoms with E-state index in [1.165, 1.54) is 0 Å². The summed E-state index contributed by atoms with van der Waals surface area (Å²) >= 11 is 5.94. The predicted molar refractivity (Wildman–Crippen MR) is 66.8 cm³/mol. The van der Waals surface area contributed by atoms with Crippen LogP contribution in [0.1, 0.15) is 0 Å². The molecule has 3 aromatic rings. The summed E-state index contributed by atoms with van der Waals surface area (Å²) in [6, 6.07) is 9.84. The quantitative estimate of drug-likeness (QED) is 0.618. The first-order valence-corrected chi connectivity index (χ1v) is 5.53. The first-order chi connectivity index (χ1) is 8.25. The monoisotopic (exact) mass is 244 g/mol. The molecule has 2 aromatic heterocycles. The lowest BCUT2D eigenvalue weighted by Crippen LogP contribution is -1.93. The van der Waals surface area contributed by atoms with E-state index >= 15 is 0 Å². The SMILES string of the molecule is Cn1cnc2c(-c3ccccc3)nc(Cl)nc21. The molecule has 0 fully saturated rings. The second-order valence-corrected chi connectivity index (χ2v) is 4.07. The molecule has 0 aliphatic heterocycles. The normalized spacial score (nSPS) is 10.9. The highest BCUT2D eigenvalue weighted by Gasteiger charge is 2.12. The van der Waals surface area contributed by atoms with Crippen molar-refractivity contribution in [2.45, 2.75) is 0 Å². The van der Waals surface area contributed by atoms with E-state index in [0.717, 1.165) is 22.4 Å². The van der Waals surface area contributed by atoms with Crippen LogP contribution >= 0.6 is 11.6 Å². The van der Waals surface area contributed by atoms with Crippen molar-refractivity contribution in [2.75, 3.05) is 0 Å². The fourth-order valence-electron chi connectivity index (χ4n) is 1.78. The van der Waals surface area contributed by atoms with Crippen LogP contribution in [0.5, 0.6) is 0 Å². The maximum absolute atomic E-state index is 5.94. The number of hydrogen-bond donors (Lipinski definition) is 0. The maximum atomic E-state index is 5.94. The van der Waals surface area contributed by atoms with Gasteiger partial charge in [0.2, 0.25) is 5.28 Å². The van der Waals surface area contributed by atoms with E-state index in [-0.39, 0.29) is 5.28 Å². The molecule has 3 rings (SSSR count). The van der Waals surface area contributed by atoms with Gasteiger partial charge in [0.05, 0.1) is 6.33 Å². The molecule has 0 spiro atoms. The van der Waals surface area contributed by atoms with E-state index in [4.69, 9.17) is 11.6 Å². The molecule has 0 amide bonds. The van der Waals surface area contributed by atoms with Gasteiger partial charge in [-0.05, 0) is 11.6 Å². The lowest BCUT2D eigenvalue weighted by Gasteiger charge is -2.02. The Hall–Kier alpha value is -1.94. The summed E-state index contributed by atoms with van der Waals surface area (Å²) in [4.78, 5) is 12.8. The molecule has 0 saturated carbocycles. The summed E-state index contributed by atoms with van der Waals surface area (Å²) < 4.78 is 1.83. The molecule has 5 heteroatoms. The molecule has 17 heavy (non-hydrogen) atoms. The molecular weight excluding hydrogens is 236 g/mol. The lowest BCUT2D eigenvalue weighted by atomic mass is 10.1. The average Bonchev–Trinajstić information content (AvgIpc) is 2.72. The van der Waals surface area contributed by atoms with Crippen LogP contribution in [0, 0.1) is 0 Å². The first kappa shape index (κ1) is 10.2. The van der Waals surface area contributed by atoms with E-state index in [1.54, 1.807) is 6.33 Å². The summed E-state index contributed by atoms with van der Waals surface area (Å²) in [6.45, 7) is 0. The number of halogens is 1. The van der Waals surface area contributed by atoms with Crippen molar-refractivity contribution >= 4 is 22.8 Å². The Morgan fingerprint density at radius 2 is 1.88 bits per heavy atom. The third-order valence-corrected chi connectivity index (χ3v) is 2.75. The highest BCUT2D eigenvalue weighted by atomic mass is 35.5. The standard InChI is InChI=1S/C12H9ClN4/c1-17-7-14-10-9(8-5-3-2-4-6-8)15-12(13)16-11(10)17/h2-7H,1H3. The Morgan fingerprint density at radius 3 is 2.65 bits per heavy atom. The lowest BCUT2D eigenvalue weighted by molar-refractivity contribution is 0.928. The molecule has 0 radical (unpaired) electrons. The van der Waals surface area contributed by atoms with Crippen LogP contribution in [-0.2, 0) is 7.05 Å². The summed E-state index contributed by atoms with van der Waals surface area (Å²) in [5.74, 6) is 0. The highest BCUT2D eigenvalue weighted by Crippen LogP contribution is 2.25. The average molecular weight is 245 g/mol. The number of nitrogens with zero attached hydrogens (tertiary/aromatic N) is 4. The van der Waals surface area contributed by atoms with Crippen LogP contribution < -0.4 is 0 Å². The second kappa shape index (κ2) is 3.82. The zero-order valence-corrected chi connectivity index (χ0v) is 9.89. The minimum absolute atomic E-state index is 0.236. The fraction of sp³-hybridized carbons (Fsp3) is 0.0833. The zero-order valence-electron chi connectivity index (χ0n) is 9.13. The Labute approximate surface area is 103 Å². The molecule has 0 saturated heterocycles. The van der Waals surface area contributed by atoms with E-state index < -0.39 is 0 Å². The van der Waals surface area contributed by atoms with Crippen LogP contribution in [0.25, 0.3) is 22.4 Å². The fourth-order valence-corrected chi connectivity index (χ4v) is 1.94. The van der Waals surface area contributed by atoms with Gasteiger partial charge in [-0.1, -0.05) is 30.3 Å². The largest absolute Gasteiger partial charge is 0.318 e. The van der Waals surface area contributed by atoms with Crippen LogP contribution in [0.2, 0.25) is 5.28 Å². The molecule has 0 bridgehead atoms. The number of rotatable bonds is 1. The maximum Gasteiger partial charge on any atom is 0.225 e. The molecule has 0 aliphatic carbocycles. The van der Waals surface area contributed by atoms with E-state index in [2.05, 4.69) is 15.0 Å². The Bertz CT molecular complexity index is 676. The minimum atomic E-state index is 0.236. The number of aryl methyl sites for hydroxylation is 1. The van der Waals surface area contributed by atoms with Crippen LogP contribution in [0.15, 0.2) is 36.7 Å². The molecular formula is C12H9ClN4. The number of hydrogen-bond acceptors (Lipinski definition) is 3. The van der Waals surface area contributed by atoms with Crippen molar-refractivity contribution in [1.29, 1.82) is 0 Å². The summed E-state index contributed by atoms with van der Waals surface area (Å²) in [7, 11) is 1.88. The predicted octanol–water partition coefficient (Wildman–Crippen LogP) is 2.68. The number of benzene rings is 1. The second-order valence-electron chi connectivity index (χ2n) is 3.73. The van der Waals surface area contributed by atoms with Gasteiger partial charge in [0.15, 0.2) is 5.65 Å². The van der Waals surface area contributed by atoms with Crippen LogP contribution in [0.4, 0.5) is 0 Å². The molecule has 1 aromatic carbocycles. The molecule has 0 atom stereocenters. The minimum Gasteiger partial charge on any atom is -0.318 e. The summed E-state index contributed by atoms with van der Waals surface area (Å²) in [6.07, 6.45) is 1.71. The number of imidazole rings is 1. The third-order valence-electron chi connectivity index (χ3n) is 2.58. The Morgan fingerprint density at radius 1 is 1.12 bits per heavy atom.